The number of hydrogen-bond acceptors (Lipinski definition) is 4. The van der Waals surface area contributed by atoms with Gasteiger partial charge in [0.05, 0.1) is 25.5 Å². The van der Waals surface area contributed by atoms with Crippen molar-refractivity contribution in [2.45, 2.75) is 0 Å². The van der Waals surface area contributed by atoms with E-state index in [1.807, 2.05) is 0 Å². The molecule has 6 nitrogen and oxygen atoms in total. The fourth-order valence-corrected chi connectivity index (χ4v) is 2.17. The Kier molecular flexibility index (Phi) is 3.77. The molecule has 1 saturated heterocycles. The molecular weight excluding hydrogens is 301 g/mol. The van der Waals surface area contributed by atoms with Crippen LogP contribution in [-0.2, 0) is 0 Å². The van der Waals surface area contributed by atoms with Crippen molar-refractivity contribution in [3.05, 3.63) is 59.0 Å². The maximum Gasteiger partial charge on any atom is 0.393 e. The molecule has 0 spiro atoms. The first-order valence-electron chi connectivity index (χ1n) is 6.56. The van der Waals surface area contributed by atoms with E-state index < -0.39 is 11.6 Å². The van der Waals surface area contributed by atoms with Crippen molar-refractivity contribution >= 4 is 30.6 Å². The Morgan fingerprint density at radius 2 is 1.35 bits per heavy atom. The summed E-state index contributed by atoms with van der Waals surface area (Å²) in [5, 5.41) is 0. The lowest BCUT2D eigenvalue weighted by Crippen LogP contribution is -2.30. The van der Waals surface area contributed by atoms with Crippen LogP contribution in [0.5, 0.6) is 0 Å². The molecule has 1 fully saturated rings. The van der Waals surface area contributed by atoms with Gasteiger partial charge in [0, 0.05) is 13.1 Å². The van der Waals surface area contributed by atoms with Crippen LogP contribution in [0.15, 0.2) is 24.5 Å². The molecule has 0 saturated carbocycles. The van der Waals surface area contributed by atoms with Crippen LogP contribution in [0.4, 0.5) is 31.8 Å². The summed E-state index contributed by atoms with van der Waals surface area (Å²) in [5.41, 5.74) is -0.200. The van der Waals surface area contributed by atoms with Crippen molar-refractivity contribution < 1.29 is 8.78 Å². The van der Waals surface area contributed by atoms with Crippen molar-refractivity contribution in [3.8, 4) is 0 Å². The molecule has 0 unspecified atom stereocenters. The first-order chi connectivity index (χ1) is 11.1. The molecule has 1 aliphatic heterocycles. The Labute approximate surface area is 131 Å². The van der Waals surface area contributed by atoms with Crippen LogP contribution in [0, 0.1) is 24.8 Å². The standard InChI is InChI=1S/C14H8BF2N6/c1-18-11-5-13(20-7-9(11)16)22-3-4-23(15-22)14-6-12(19-2)10(17)8-21-14/h5-8H,3-4H2. The average Bonchev–Trinajstić information content (AvgIpc) is 3.05. The predicted molar refractivity (Wildman–Crippen MR) is 81.4 cm³/mol. The van der Waals surface area contributed by atoms with E-state index in [1.54, 1.807) is 17.2 Å². The highest BCUT2D eigenvalue weighted by atomic mass is 19.1. The molecule has 23 heavy (non-hydrogen) atoms. The Bertz CT molecular complexity index is 775. The Morgan fingerprint density at radius 3 is 1.74 bits per heavy atom. The maximum atomic E-state index is 13.3. The van der Waals surface area contributed by atoms with E-state index >= 15 is 0 Å². The monoisotopic (exact) mass is 309 g/mol. The number of pyridine rings is 2. The Balaban J connectivity index is 1.82. The first-order valence-corrected chi connectivity index (χ1v) is 6.56. The third kappa shape index (κ3) is 2.77. The van der Waals surface area contributed by atoms with Crippen LogP contribution >= 0.6 is 0 Å². The molecule has 111 valence electrons. The number of hydrogen-bond donors (Lipinski definition) is 0. The molecule has 1 radical (unpaired) electrons. The molecule has 0 atom stereocenters. The van der Waals surface area contributed by atoms with E-state index in [0.29, 0.717) is 24.7 Å². The normalized spacial score (nSPS) is 13.4. The zero-order valence-corrected chi connectivity index (χ0v) is 11.7. The van der Waals surface area contributed by atoms with Crippen LogP contribution in [-0.4, -0.2) is 30.6 Å². The Hall–Kier alpha value is -3.20. The van der Waals surface area contributed by atoms with Gasteiger partial charge in [-0.1, -0.05) is 0 Å². The molecule has 0 aliphatic carbocycles. The lowest BCUT2D eigenvalue weighted by Gasteiger charge is -2.18. The van der Waals surface area contributed by atoms with Crippen molar-refractivity contribution in [2.24, 2.45) is 0 Å². The summed E-state index contributed by atoms with van der Waals surface area (Å²) in [4.78, 5) is 17.6. The molecular formula is C14H8BF2N6. The van der Waals surface area contributed by atoms with Crippen molar-refractivity contribution in [1.29, 1.82) is 0 Å². The van der Waals surface area contributed by atoms with E-state index in [0.717, 1.165) is 12.4 Å². The summed E-state index contributed by atoms with van der Waals surface area (Å²) in [5.74, 6) is -0.455. The molecule has 9 heteroatoms. The van der Waals surface area contributed by atoms with E-state index in [1.165, 1.54) is 12.1 Å². The van der Waals surface area contributed by atoms with Gasteiger partial charge < -0.3 is 9.62 Å². The molecule has 0 aromatic carbocycles. The highest BCUT2D eigenvalue weighted by Crippen LogP contribution is 2.27. The quantitative estimate of drug-likeness (QED) is 0.632. The van der Waals surface area contributed by atoms with Crippen molar-refractivity contribution in [3.63, 3.8) is 0 Å². The van der Waals surface area contributed by atoms with Crippen LogP contribution in [0.3, 0.4) is 0 Å². The van der Waals surface area contributed by atoms with E-state index in [4.69, 9.17) is 13.1 Å². The average molecular weight is 309 g/mol. The van der Waals surface area contributed by atoms with E-state index in [2.05, 4.69) is 19.7 Å². The molecule has 0 amide bonds. The van der Waals surface area contributed by atoms with Crippen LogP contribution in [0.2, 0.25) is 0 Å². The van der Waals surface area contributed by atoms with Gasteiger partial charge >= 0.3 is 7.55 Å². The van der Waals surface area contributed by atoms with Gasteiger partial charge in [-0.2, -0.15) is 0 Å². The number of halogens is 2. The molecule has 3 heterocycles. The largest absolute Gasteiger partial charge is 0.393 e. The first kappa shape index (κ1) is 14.7. The number of aromatic nitrogens is 2. The lowest BCUT2D eigenvalue weighted by atomic mass is 10.1. The summed E-state index contributed by atoms with van der Waals surface area (Å²) < 4.78 is 26.7. The second-order valence-electron chi connectivity index (χ2n) is 4.71. The van der Waals surface area contributed by atoms with Gasteiger partial charge in [0.2, 0.25) is 11.4 Å². The number of rotatable bonds is 2. The van der Waals surface area contributed by atoms with Gasteiger partial charge in [0.25, 0.3) is 0 Å². The fourth-order valence-electron chi connectivity index (χ4n) is 2.17. The minimum atomic E-state index is -0.665. The highest BCUT2D eigenvalue weighted by Gasteiger charge is 2.26. The molecule has 2 aromatic rings. The summed E-state index contributed by atoms with van der Waals surface area (Å²) in [6.45, 7) is 15.0. The van der Waals surface area contributed by atoms with Crippen molar-refractivity contribution in [2.75, 3.05) is 22.7 Å². The lowest BCUT2D eigenvalue weighted by molar-refractivity contribution is 0.627. The molecule has 0 N–H and O–H groups in total. The van der Waals surface area contributed by atoms with Crippen LogP contribution < -0.4 is 9.62 Å². The fraction of sp³-hybridized carbons (Fsp3) is 0.143. The molecule has 0 bridgehead atoms. The number of anilines is 2. The van der Waals surface area contributed by atoms with Crippen LogP contribution in [0.25, 0.3) is 9.69 Å². The summed E-state index contributed by atoms with van der Waals surface area (Å²) >= 11 is 0. The highest BCUT2D eigenvalue weighted by molar-refractivity contribution is 6.48. The second kappa shape index (κ2) is 5.89. The molecule has 3 rings (SSSR count). The maximum absolute atomic E-state index is 13.3. The third-order valence-electron chi connectivity index (χ3n) is 3.33. The summed E-state index contributed by atoms with van der Waals surface area (Å²) in [6, 6.07) is 2.73. The molecule has 2 aromatic heterocycles. The third-order valence-corrected chi connectivity index (χ3v) is 3.33. The van der Waals surface area contributed by atoms with Crippen molar-refractivity contribution in [1.82, 2.24) is 9.97 Å². The van der Waals surface area contributed by atoms with E-state index in [9.17, 15) is 8.78 Å². The Morgan fingerprint density at radius 1 is 0.913 bits per heavy atom. The van der Waals surface area contributed by atoms with Gasteiger partial charge in [-0.15, -0.1) is 0 Å². The van der Waals surface area contributed by atoms with Gasteiger partial charge in [-0.05, 0) is 12.1 Å². The summed E-state index contributed by atoms with van der Waals surface area (Å²) in [7, 11) is 1.68. The van der Waals surface area contributed by atoms with Gasteiger partial charge in [-0.3, -0.25) is 0 Å². The topological polar surface area (TPSA) is 41.0 Å². The SMILES string of the molecule is [C-]#[N+]c1cc(N2[B]N(c3cc([N+]#[C-])c(F)cn3)CC2)ncc1F. The minimum absolute atomic E-state index is 0.1000. The minimum Gasteiger partial charge on any atom is -0.383 e. The number of nitrogens with zero attached hydrogens (tertiary/aromatic N) is 6. The van der Waals surface area contributed by atoms with Gasteiger partial charge in [0.15, 0.2) is 0 Å². The molecule has 1 aliphatic rings. The zero-order chi connectivity index (χ0) is 16.4. The zero-order valence-electron chi connectivity index (χ0n) is 11.7. The van der Waals surface area contributed by atoms with Gasteiger partial charge in [0.1, 0.15) is 23.3 Å². The smallest absolute Gasteiger partial charge is 0.383 e. The summed E-state index contributed by atoms with van der Waals surface area (Å²) in [6.07, 6.45) is 2.01. The second-order valence-corrected chi connectivity index (χ2v) is 4.71. The van der Waals surface area contributed by atoms with Gasteiger partial charge in [-0.25, -0.2) is 28.4 Å². The predicted octanol–water partition coefficient (Wildman–Crippen LogP) is 2.72. The van der Waals surface area contributed by atoms with Crippen LogP contribution in [0.1, 0.15) is 0 Å². The van der Waals surface area contributed by atoms with E-state index in [-0.39, 0.29) is 11.4 Å².